The highest BCUT2D eigenvalue weighted by atomic mass is 35.5. The summed E-state index contributed by atoms with van der Waals surface area (Å²) in [4.78, 5) is 23.9. The highest BCUT2D eigenvalue weighted by molar-refractivity contribution is 7.97. The number of carbonyl (C=O) groups excluding carboxylic acids is 2. The van der Waals surface area contributed by atoms with Gasteiger partial charge >= 0.3 is 0 Å². The molecule has 0 amide bonds. The second-order valence-electron chi connectivity index (χ2n) is 4.14. The SMILES string of the molecule is Cc1cc(Cl)ccc1C(=O)c1ccccc1C(=O)S. The molecule has 0 aliphatic rings. The minimum atomic E-state index is -0.421. The highest BCUT2D eigenvalue weighted by Gasteiger charge is 2.17. The van der Waals surface area contributed by atoms with Crippen LogP contribution in [-0.2, 0) is 0 Å². The third-order valence-corrected chi connectivity index (χ3v) is 3.31. The molecule has 2 rings (SSSR count). The van der Waals surface area contributed by atoms with Crippen LogP contribution in [0.4, 0.5) is 0 Å². The van der Waals surface area contributed by atoms with Crippen molar-refractivity contribution in [1.29, 1.82) is 0 Å². The van der Waals surface area contributed by atoms with Crippen LogP contribution in [-0.4, -0.2) is 10.9 Å². The first kappa shape index (κ1) is 13.8. The van der Waals surface area contributed by atoms with Gasteiger partial charge in [-0.3, -0.25) is 9.59 Å². The van der Waals surface area contributed by atoms with E-state index in [1.54, 1.807) is 42.5 Å². The Hall–Kier alpha value is -1.58. The maximum absolute atomic E-state index is 12.5. The lowest BCUT2D eigenvalue weighted by Gasteiger charge is -2.08. The van der Waals surface area contributed by atoms with E-state index in [2.05, 4.69) is 12.6 Å². The van der Waals surface area contributed by atoms with Crippen molar-refractivity contribution in [2.75, 3.05) is 0 Å². The number of thiol groups is 1. The number of halogens is 1. The molecule has 0 unspecified atom stereocenters. The zero-order valence-electron chi connectivity index (χ0n) is 10.2. The van der Waals surface area contributed by atoms with Gasteiger partial charge in [0.05, 0.1) is 0 Å². The summed E-state index contributed by atoms with van der Waals surface area (Å²) in [6, 6.07) is 11.7. The predicted molar refractivity (Wildman–Crippen MR) is 79.4 cm³/mol. The van der Waals surface area contributed by atoms with Gasteiger partial charge in [0.2, 0.25) is 5.12 Å². The van der Waals surface area contributed by atoms with Crippen LogP contribution in [0.15, 0.2) is 42.5 Å². The standard InChI is InChI=1S/C15H11ClO2S/c1-9-8-10(16)6-7-11(9)14(17)12-4-2-3-5-13(12)15(18)19/h2-8H,1H3,(H,18,19). The lowest BCUT2D eigenvalue weighted by atomic mass is 9.96. The molecule has 0 saturated heterocycles. The fourth-order valence-corrected chi connectivity index (χ4v) is 2.32. The molecule has 2 aromatic carbocycles. The van der Waals surface area contributed by atoms with Gasteiger partial charge in [-0.1, -0.05) is 29.8 Å². The molecule has 2 aromatic rings. The number of rotatable bonds is 3. The summed E-state index contributed by atoms with van der Waals surface area (Å²) in [6.07, 6.45) is 0. The van der Waals surface area contributed by atoms with Crippen LogP contribution in [0.2, 0.25) is 5.02 Å². The van der Waals surface area contributed by atoms with Gasteiger partial charge in [0, 0.05) is 21.7 Å². The van der Waals surface area contributed by atoms with Crippen LogP contribution >= 0.6 is 24.2 Å². The van der Waals surface area contributed by atoms with Crippen molar-refractivity contribution >= 4 is 35.1 Å². The number of ketones is 1. The van der Waals surface area contributed by atoms with Crippen molar-refractivity contribution in [2.45, 2.75) is 6.92 Å². The van der Waals surface area contributed by atoms with Crippen molar-refractivity contribution in [3.05, 3.63) is 69.7 Å². The Balaban J connectivity index is 2.53. The van der Waals surface area contributed by atoms with Crippen molar-refractivity contribution < 1.29 is 9.59 Å². The van der Waals surface area contributed by atoms with E-state index in [1.807, 2.05) is 6.92 Å². The Kier molecular flexibility index (Phi) is 4.08. The summed E-state index contributed by atoms with van der Waals surface area (Å²) in [7, 11) is 0. The van der Waals surface area contributed by atoms with Crippen LogP contribution in [0.25, 0.3) is 0 Å². The molecule has 0 atom stereocenters. The second-order valence-corrected chi connectivity index (χ2v) is 4.98. The van der Waals surface area contributed by atoms with Crippen molar-refractivity contribution in [1.82, 2.24) is 0 Å². The van der Waals surface area contributed by atoms with Crippen molar-refractivity contribution in [2.24, 2.45) is 0 Å². The molecule has 2 nitrogen and oxygen atoms in total. The third-order valence-electron chi connectivity index (χ3n) is 2.84. The number of aryl methyl sites for hydroxylation is 1. The Morgan fingerprint density at radius 3 is 2.21 bits per heavy atom. The quantitative estimate of drug-likeness (QED) is 0.686. The summed E-state index contributed by atoms with van der Waals surface area (Å²) in [6.45, 7) is 1.81. The van der Waals surface area contributed by atoms with E-state index in [0.29, 0.717) is 21.7 Å². The fourth-order valence-electron chi connectivity index (χ4n) is 1.89. The second kappa shape index (κ2) is 5.59. The zero-order valence-corrected chi connectivity index (χ0v) is 11.8. The summed E-state index contributed by atoms with van der Waals surface area (Å²) < 4.78 is 0. The van der Waals surface area contributed by atoms with Gasteiger partial charge in [-0.05, 0) is 36.8 Å². The Bertz CT molecular complexity index is 665. The Morgan fingerprint density at radius 2 is 1.63 bits per heavy atom. The van der Waals surface area contributed by atoms with E-state index < -0.39 is 5.12 Å². The molecule has 4 heteroatoms. The number of hydrogen-bond donors (Lipinski definition) is 1. The van der Waals surface area contributed by atoms with Gasteiger partial charge in [0.15, 0.2) is 5.78 Å². The first-order valence-electron chi connectivity index (χ1n) is 5.64. The first-order chi connectivity index (χ1) is 9.00. The van der Waals surface area contributed by atoms with Crippen LogP contribution in [0.5, 0.6) is 0 Å². The molecule has 0 fully saturated rings. The van der Waals surface area contributed by atoms with E-state index in [1.165, 1.54) is 0 Å². The van der Waals surface area contributed by atoms with Crippen LogP contribution in [0.1, 0.15) is 31.8 Å². The van der Waals surface area contributed by atoms with E-state index in [0.717, 1.165) is 5.56 Å². The van der Waals surface area contributed by atoms with Crippen molar-refractivity contribution in [3.63, 3.8) is 0 Å². The van der Waals surface area contributed by atoms with Gasteiger partial charge in [0.25, 0.3) is 0 Å². The Labute approximate surface area is 121 Å². The van der Waals surface area contributed by atoms with Gasteiger partial charge < -0.3 is 0 Å². The average molecular weight is 291 g/mol. The summed E-state index contributed by atoms with van der Waals surface area (Å²) >= 11 is 9.67. The summed E-state index contributed by atoms with van der Waals surface area (Å²) in [5, 5.41) is 0.156. The predicted octanol–water partition coefficient (Wildman–Crippen LogP) is 3.95. The lowest BCUT2D eigenvalue weighted by Crippen LogP contribution is -2.08. The zero-order chi connectivity index (χ0) is 14.0. The molecule has 0 aliphatic heterocycles. The number of carbonyl (C=O) groups is 2. The molecule has 0 heterocycles. The van der Waals surface area contributed by atoms with E-state index in [4.69, 9.17) is 11.6 Å². The maximum atomic E-state index is 12.5. The lowest BCUT2D eigenvalue weighted by molar-refractivity contribution is 0.102. The topological polar surface area (TPSA) is 34.1 Å². The van der Waals surface area contributed by atoms with E-state index in [-0.39, 0.29) is 5.78 Å². The third kappa shape index (κ3) is 2.88. The van der Waals surface area contributed by atoms with Crippen LogP contribution in [0, 0.1) is 6.92 Å². The average Bonchev–Trinajstić information content (AvgIpc) is 2.38. The number of hydrogen-bond acceptors (Lipinski definition) is 2. The van der Waals surface area contributed by atoms with Gasteiger partial charge in [0.1, 0.15) is 0 Å². The highest BCUT2D eigenvalue weighted by Crippen LogP contribution is 2.21. The van der Waals surface area contributed by atoms with E-state index in [9.17, 15) is 9.59 Å². The Morgan fingerprint density at radius 1 is 1.00 bits per heavy atom. The maximum Gasteiger partial charge on any atom is 0.217 e. The molecule has 0 aromatic heterocycles. The van der Waals surface area contributed by atoms with Crippen molar-refractivity contribution in [3.8, 4) is 0 Å². The molecular formula is C15H11ClO2S. The van der Waals surface area contributed by atoms with Gasteiger partial charge in [-0.25, -0.2) is 0 Å². The van der Waals surface area contributed by atoms with Crippen LogP contribution < -0.4 is 0 Å². The largest absolute Gasteiger partial charge is 0.289 e. The minimum absolute atomic E-state index is 0.202. The molecule has 0 saturated carbocycles. The smallest absolute Gasteiger partial charge is 0.217 e. The molecule has 0 aliphatic carbocycles. The molecule has 0 bridgehead atoms. The molecule has 19 heavy (non-hydrogen) atoms. The normalized spacial score (nSPS) is 10.3. The molecule has 0 N–H and O–H groups in total. The summed E-state index contributed by atoms with van der Waals surface area (Å²) in [5.41, 5.74) is 1.98. The van der Waals surface area contributed by atoms with Crippen LogP contribution in [0.3, 0.4) is 0 Å². The van der Waals surface area contributed by atoms with Gasteiger partial charge in [-0.2, -0.15) is 0 Å². The molecular weight excluding hydrogens is 280 g/mol. The van der Waals surface area contributed by atoms with Gasteiger partial charge in [-0.15, -0.1) is 12.6 Å². The molecule has 0 spiro atoms. The first-order valence-corrected chi connectivity index (χ1v) is 6.46. The van der Waals surface area contributed by atoms with E-state index >= 15 is 0 Å². The monoisotopic (exact) mass is 290 g/mol. The molecule has 96 valence electrons. The summed E-state index contributed by atoms with van der Waals surface area (Å²) in [5.74, 6) is -0.202. The number of benzene rings is 2. The minimum Gasteiger partial charge on any atom is -0.289 e. The molecule has 0 radical (unpaired) electrons. The fraction of sp³-hybridized carbons (Fsp3) is 0.0667.